The summed E-state index contributed by atoms with van der Waals surface area (Å²) < 4.78 is 0. The second-order valence-electron chi connectivity index (χ2n) is 10.0. The first-order valence-electron chi connectivity index (χ1n) is 11.6. The first kappa shape index (κ1) is 19.2. The molecule has 0 N–H and O–H groups in total. The van der Waals surface area contributed by atoms with E-state index in [0.29, 0.717) is 0 Å². The van der Waals surface area contributed by atoms with E-state index >= 15 is 0 Å². The van der Waals surface area contributed by atoms with Crippen LogP contribution in [-0.2, 0) is 5.41 Å². The minimum atomic E-state index is 0.108. The summed E-state index contributed by atoms with van der Waals surface area (Å²) in [5, 5.41) is 0. The van der Waals surface area contributed by atoms with Gasteiger partial charge in [-0.05, 0) is 86.9 Å². The van der Waals surface area contributed by atoms with Gasteiger partial charge >= 0.3 is 6.03 Å². The van der Waals surface area contributed by atoms with Gasteiger partial charge in [-0.3, -0.25) is 4.90 Å². The molecule has 0 radical (unpaired) electrons. The molecule has 5 rings (SSSR count). The first-order valence-corrected chi connectivity index (χ1v) is 11.6. The van der Waals surface area contributed by atoms with Gasteiger partial charge in [-0.25, -0.2) is 4.79 Å². The molecule has 2 heterocycles. The van der Waals surface area contributed by atoms with E-state index in [-0.39, 0.29) is 11.4 Å². The number of allylic oxidation sites excluding steroid dienone is 2. The summed E-state index contributed by atoms with van der Waals surface area (Å²) in [5.41, 5.74) is 2.80. The van der Waals surface area contributed by atoms with Gasteiger partial charge in [0.1, 0.15) is 0 Å². The van der Waals surface area contributed by atoms with E-state index in [0.717, 1.165) is 36.5 Å². The molecule has 1 spiro atoms. The molecule has 1 saturated heterocycles. The van der Waals surface area contributed by atoms with Gasteiger partial charge in [-0.2, -0.15) is 0 Å². The van der Waals surface area contributed by atoms with Gasteiger partial charge < -0.3 is 9.80 Å². The first-order chi connectivity index (χ1) is 14.1. The Morgan fingerprint density at radius 2 is 1.66 bits per heavy atom. The monoisotopic (exact) mass is 393 g/mol. The second-order valence-corrected chi connectivity index (χ2v) is 10.0. The van der Waals surface area contributed by atoms with Crippen molar-refractivity contribution in [2.45, 2.75) is 56.4 Å². The molecule has 1 aromatic carbocycles. The lowest BCUT2D eigenvalue weighted by Gasteiger charge is -2.46. The zero-order valence-electron chi connectivity index (χ0n) is 18.0. The number of piperidine rings is 1. The maximum absolute atomic E-state index is 12.8. The molecular weight excluding hydrogens is 358 g/mol. The Labute approximate surface area is 175 Å². The standard InChI is InChI=1S/C25H35N3O/c1-26(2)24(29)28-13-5-10-25(22-6-3-4-7-23(22)28)11-14-27(15-12-25)21-17-19-8-9-20(16-19)18-21/h3-4,6-9,19-21H,5,10-18H2,1-2H3. The molecule has 4 heteroatoms. The van der Waals surface area contributed by atoms with Crippen LogP contribution >= 0.6 is 0 Å². The summed E-state index contributed by atoms with van der Waals surface area (Å²) in [7, 11) is 3.71. The second kappa shape index (κ2) is 7.46. The van der Waals surface area contributed by atoms with Crippen LogP contribution in [0.15, 0.2) is 36.4 Å². The fourth-order valence-electron chi connectivity index (χ4n) is 6.57. The lowest BCUT2D eigenvalue weighted by Crippen LogP contribution is -2.48. The van der Waals surface area contributed by atoms with Crippen molar-refractivity contribution in [3.05, 3.63) is 42.0 Å². The van der Waals surface area contributed by atoms with Crippen molar-refractivity contribution >= 4 is 11.7 Å². The number of nitrogens with zero attached hydrogens (tertiary/aromatic N) is 3. The number of amides is 2. The van der Waals surface area contributed by atoms with Crippen LogP contribution in [0.1, 0.15) is 50.5 Å². The van der Waals surface area contributed by atoms with Crippen molar-refractivity contribution in [3.8, 4) is 0 Å². The number of fused-ring (bicyclic) bond motifs is 4. The highest BCUT2D eigenvalue weighted by atomic mass is 16.2. The molecule has 29 heavy (non-hydrogen) atoms. The van der Waals surface area contributed by atoms with Crippen LogP contribution in [0, 0.1) is 11.8 Å². The quantitative estimate of drug-likeness (QED) is 0.649. The number of anilines is 1. The van der Waals surface area contributed by atoms with Gasteiger partial charge in [-0.15, -0.1) is 0 Å². The van der Waals surface area contributed by atoms with E-state index in [2.05, 4.69) is 41.3 Å². The Hall–Kier alpha value is -1.81. The van der Waals surface area contributed by atoms with Crippen LogP contribution in [0.5, 0.6) is 0 Å². The van der Waals surface area contributed by atoms with Crippen molar-refractivity contribution < 1.29 is 4.79 Å². The zero-order chi connectivity index (χ0) is 20.0. The summed E-state index contributed by atoms with van der Waals surface area (Å²) in [6.45, 7) is 3.25. The number of hydrogen-bond acceptors (Lipinski definition) is 2. The molecule has 2 fully saturated rings. The van der Waals surface area contributed by atoms with Crippen molar-refractivity contribution in [2.24, 2.45) is 11.8 Å². The van der Waals surface area contributed by atoms with Gasteiger partial charge in [0.2, 0.25) is 0 Å². The van der Waals surface area contributed by atoms with E-state index in [9.17, 15) is 4.79 Å². The molecule has 1 aromatic rings. The molecule has 1 saturated carbocycles. The van der Waals surface area contributed by atoms with E-state index in [1.807, 2.05) is 19.0 Å². The minimum Gasteiger partial charge on any atom is -0.330 e. The predicted octanol–water partition coefficient (Wildman–Crippen LogP) is 4.66. The minimum absolute atomic E-state index is 0.108. The molecule has 4 aliphatic rings. The fourth-order valence-corrected chi connectivity index (χ4v) is 6.57. The third-order valence-corrected chi connectivity index (χ3v) is 8.10. The van der Waals surface area contributed by atoms with Crippen LogP contribution in [0.4, 0.5) is 10.5 Å². The number of hydrogen-bond donors (Lipinski definition) is 0. The smallest absolute Gasteiger partial charge is 0.323 e. The highest BCUT2D eigenvalue weighted by Crippen LogP contribution is 2.47. The van der Waals surface area contributed by atoms with Gasteiger partial charge in [0.05, 0.1) is 0 Å². The van der Waals surface area contributed by atoms with Crippen molar-refractivity contribution in [2.75, 3.05) is 38.6 Å². The highest BCUT2D eigenvalue weighted by Gasteiger charge is 2.43. The lowest BCUT2D eigenvalue weighted by atomic mass is 9.69. The van der Waals surface area contributed by atoms with E-state index in [4.69, 9.17) is 0 Å². The Kier molecular flexibility index (Phi) is 4.93. The number of rotatable bonds is 1. The molecular formula is C25H35N3O. The van der Waals surface area contributed by atoms with Gasteiger partial charge in [0, 0.05) is 32.4 Å². The Morgan fingerprint density at radius 3 is 2.34 bits per heavy atom. The van der Waals surface area contributed by atoms with E-state index in [1.54, 1.807) is 4.90 Å². The Balaban J connectivity index is 1.36. The summed E-state index contributed by atoms with van der Waals surface area (Å²) in [6.07, 6.45) is 13.8. The van der Waals surface area contributed by atoms with Crippen LogP contribution in [0.3, 0.4) is 0 Å². The molecule has 2 bridgehead atoms. The van der Waals surface area contributed by atoms with Crippen molar-refractivity contribution in [1.29, 1.82) is 0 Å². The number of benzene rings is 1. The van der Waals surface area contributed by atoms with Gasteiger partial charge in [0.15, 0.2) is 0 Å². The van der Waals surface area contributed by atoms with Crippen molar-refractivity contribution in [3.63, 3.8) is 0 Å². The number of carbonyl (C=O) groups excluding carboxylic acids is 1. The SMILES string of the molecule is CN(C)C(=O)N1CCCC2(CCN(C3CC4C=CC(C4)C3)CC2)c2ccccc21. The van der Waals surface area contributed by atoms with Crippen LogP contribution in [-0.4, -0.2) is 55.6 Å². The Bertz CT molecular complexity index is 779. The molecule has 0 aromatic heterocycles. The molecule has 4 nitrogen and oxygen atoms in total. The van der Waals surface area contributed by atoms with Crippen LogP contribution in [0.25, 0.3) is 0 Å². The molecule has 2 atom stereocenters. The average Bonchev–Trinajstić information content (AvgIpc) is 3.00. The number of carbonyl (C=O) groups is 1. The van der Waals surface area contributed by atoms with Crippen molar-refractivity contribution in [1.82, 2.24) is 9.80 Å². The third kappa shape index (κ3) is 3.39. The third-order valence-electron chi connectivity index (χ3n) is 8.10. The maximum atomic E-state index is 12.8. The molecule has 2 unspecified atom stereocenters. The maximum Gasteiger partial charge on any atom is 0.323 e. The molecule has 2 aliphatic heterocycles. The van der Waals surface area contributed by atoms with Crippen LogP contribution < -0.4 is 4.90 Å². The zero-order valence-corrected chi connectivity index (χ0v) is 18.0. The molecule has 156 valence electrons. The predicted molar refractivity (Wildman–Crippen MR) is 118 cm³/mol. The molecule has 2 aliphatic carbocycles. The van der Waals surface area contributed by atoms with Gasteiger partial charge in [-0.1, -0.05) is 30.4 Å². The number of urea groups is 1. The molecule has 2 amide bonds. The average molecular weight is 394 g/mol. The number of likely N-dealkylation sites (tertiary alicyclic amines) is 1. The van der Waals surface area contributed by atoms with Gasteiger partial charge in [0.25, 0.3) is 0 Å². The Morgan fingerprint density at radius 1 is 0.966 bits per heavy atom. The largest absolute Gasteiger partial charge is 0.330 e. The summed E-state index contributed by atoms with van der Waals surface area (Å²) >= 11 is 0. The summed E-state index contributed by atoms with van der Waals surface area (Å²) in [4.78, 5) is 19.4. The highest BCUT2D eigenvalue weighted by molar-refractivity contribution is 5.93. The number of para-hydroxylation sites is 1. The topological polar surface area (TPSA) is 26.8 Å². The normalized spacial score (nSPS) is 30.8. The summed E-state index contributed by atoms with van der Waals surface area (Å²) in [5.74, 6) is 1.66. The lowest BCUT2D eigenvalue weighted by molar-refractivity contribution is 0.0755. The fraction of sp³-hybridized carbons (Fsp3) is 0.640. The van der Waals surface area contributed by atoms with Crippen LogP contribution in [0.2, 0.25) is 0 Å². The summed E-state index contributed by atoms with van der Waals surface area (Å²) in [6, 6.07) is 9.61. The van der Waals surface area contributed by atoms with E-state index < -0.39 is 0 Å². The van der Waals surface area contributed by atoms with E-state index in [1.165, 1.54) is 57.2 Å².